The zero-order valence-electron chi connectivity index (χ0n) is 10.4. The van der Waals surface area contributed by atoms with Gasteiger partial charge in [-0.1, -0.05) is 13.3 Å². The molecule has 2 heterocycles. The van der Waals surface area contributed by atoms with Gasteiger partial charge in [-0.15, -0.1) is 11.3 Å². The van der Waals surface area contributed by atoms with Crippen molar-refractivity contribution < 1.29 is 4.74 Å². The molecule has 96 valence electrons. The molecule has 0 atom stereocenters. The maximum Gasteiger partial charge on any atom is 0.187 e. The van der Waals surface area contributed by atoms with E-state index in [0.29, 0.717) is 11.9 Å². The van der Waals surface area contributed by atoms with E-state index in [1.165, 1.54) is 12.8 Å². The molecule has 0 spiro atoms. The van der Waals surface area contributed by atoms with E-state index in [4.69, 9.17) is 10.5 Å². The van der Waals surface area contributed by atoms with E-state index in [1.807, 2.05) is 5.38 Å². The summed E-state index contributed by atoms with van der Waals surface area (Å²) in [7, 11) is 0. The van der Waals surface area contributed by atoms with Gasteiger partial charge in [0.05, 0.1) is 6.10 Å². The molecule has 5 heteroatoms. The largest absolute Gasteiger partial charge is 0.383 e. The Morgan fingerprint density at radius 1 is 1.53 bits per heavy atom. The first-order valence-electron chi connectivity index (χ1n) is 6.37. The number of piperidine rings is 1. The first-order valence-corrected chi connectivity index (χ1v) is 7.25. The highest BCUT2D eigenvalue weighted by molar-refractivity contribution is 7.14. The first-order chi connectivity index (χ1) is 8.29. The van der Waals surface area contributed by atoms with Crippen LogP contribution in [0.2, 0.25) is 0 Å². The molecule has 1 saturated heterocycles. The summed E-state index contributed by atoms with van der Waals surface area (Å²) in [5.41, 5.74) is 5.64. The van der Waals surface area contributed by atoms with Crippen molar-refractivity contribution in [3.05, 3.63) is 5.38 Å². The zero-order chi connectivity index (χ0) is 12.1. The fraction of sp³-hybridized carbons (Fsp3) is 0.750. The number of nitrogen functional groups attached to an aromatic ring is 1. The maximum atomic E-state index is 5.84. The van der Waals surface area contributed by atoms with Gasteiger partial charge < -0.3 is 15.4 Å². The van der Waals surface area contributed by atoms with Gasteiger partial charge in [0, 0.05) is 25.1 Å². The molecule has 0 radical (unpaired) electrons. The summed E-state index contributed by atoms with van der Waals surface area (Å²) in [6.07, 6.45) is 5.02. The molecular formula is C12H21N3OS. The van der Waals surface area contributed by atoms with Crippen LogP contribution in [0.25, 0.3) is 0 Å². The predicted octanol–water partition coefficient (Wildman–Crippen LogP) is 2.51. The van der Waals surface area contributed by atoms with E-state index in [0.717, 1.165) is 37.7 Å². The van der Waals surface area contributed by atoms with Crippen molar-refractivity contribution in [2.45, 2.75) is 38.7 Å². The van der Waals surface area contributed by atoms with E-state index in [1.54, 1.807) is 11.3 Å². The third kappa shape index (κ3) is 3.57. The van der Waals surface area contributed by atoms with Gasteiger partial charge >= 0.3 is 0 Å². The van der Waals surface area contributed by atoms with Gasteiger partial charge in [-0.3, -0.25) is 0 Å². The topological polar surface area (TPSA) is 51.4 Å². The van der Waals surface area contributed by atoms with Crippen LogP contribution in [0.4, 0.5) is 10.9 Å². The Balaban J connectivity index is 1.74. The lowest BCUT2D eigenvalue weighted by Crippen LogP contribution is -2.37. The fourth-order valence-corrected chi connectivity index (χ4v) is 2.80. The molecule has 2 N–H and O–H groups in total. The molecule has 1 aliphatic heterocycles. The van der Waals surface area contributed by atoms with Gasteiger partial charge in [0.2, 0.25) is 0 Å². The summed E-state index contributed by atoms with van der Waals surface area (Å²) < 4.78 is 5.84. The number of thiazole rings is 1. The number of rotatable bonds is 5. The van der Waals surface area contributed by atoms with Gasteiger partial charge in [-0.25, -0.2) is 4.98 Å². The maximum absolute atomic E-state index is 5.84. The van der Waals surface area contributed by atoms with Crippen LogP contribution in [0.15, 0.2) is 5.38 Å². The van der Waals surface area contributed by atoms with Gasteiger partial charge in [-0.05, 0) is 19.3 Å². The highest BCUT2D eigenvalue weighted by Gasteiger charge is 2.21. The monoisotopic (exact) mass is 255 g/mol. The first kappa shape index (κ1) is 12.6. The Morgan fingerprint density at radius 3 is 2.88 bits per heavy atom. The lowest BCUT2D eigenvalue weighted by Gasteiger charge is -2.31. The van der Waals surface area contributed by atoms with Crippen LogP contribution < -0.4 is 10.6 Å². The molecule has 1 aliphatic rings. The minimum atomic E-state index is 0.440. The Morgan fingerprint density at radius 2 is 2.29 bits per heavy atom. The van der Waals surface area contributed by atoms with E-state index in [2.05, 4.69) is 16.8 Å². The van der Waals surface area contributed by atoms with E-state index in [-0.39, 0.29) is 0 Å². The number of nitrogens with zero attached hydrogens (tertiary/aromatic N) is 2. The predicted molar refractivity (Wildman–Crippen MR) is 72.6 cm³/mol. The molecule has 4 nitrogen and oxygen atoms in total. The Bertz CT molecular complexity index is 334. The van der Waals surface area contributed by atoms with Gasteiger partial charge in [-0.2, -0.15) is 0 Å². The fourth-order valence-electron chi connectivity index (χ4n) is 2.03. The molecule has 0 bridgehead atoms. The molecule has 0 aliphatic carbocycles. The number of ether oxygens (including phenoxy) is 1. The van der Waals surface area contributed by atoms with E-state index < -0.39 is 0 Å². The zero-order valence-corrected chi connectivity index (χ0v) is 11.2. The van der Waals surface area contributed by atoms with Crippen LogP contribution >= 0.6 is 11.3 Å². The number of aromatic nitrogens is 1. The Hall–Kier alpha value is -0.810. The van der Waals surface area contributed by atoms with Crippen LogP contribution in [-0.2, 0) is 4.74 Å². The molecule has 2 rings (SSSR count). The molecule has 1 aromatic heterocycles. The van der Waals surface area contributed by atoms with Gasteiger partial charge in [0.25, 0.3) is 0 Å². The van der Waals surface area contributed by atoms with Crippen molar-refractivity contribution in [3.8, 4) is 0 Å². The van der Waals surface area contributed by atoms with Crippen LogP contribution in [0, 0.1) is 0 Å². The van der Waals surface area contributed by atoms with Crippen molar-refractivity contribution in [3.63, 3.8) is 0 Å². The van der Waals surface area contributed by atoms with Crippen LogP contribution in [0.5, 0.6) is 0 Å². The quantitative estimate of drug-likeness (QED) is 0.821. The molecule has 0 saturated carbocycles. The molecule has 0 amide bonds. The lowest BCUT2D eigenvalue weighted by atomic mass is 10.1. The van der Waals surface area contributed by atoms with Crippen LogP contribution in [-0.4, -0.2) is 30.8 Å². The smallest absolute Gasteiger partial charge is 0.187 e. The summed E-state index contributed by atoms with van der Waals surface area (Å²) in [6, 6.07) is 0. The van der Waals surface area contributed by atoms with Crippen LogP contribution in [0.3, 0.4) is 0 Å². The number of hydrogen-bond acceptors (Lipinski definition) is 5. The summed E-state index contributed by atoms with van der Waals surface area (Å²) in [5.74, 6) is 0.631. The summed E-state index contributed by atoms with van der Waals surface area (Å²) in [6.45, 7) is 5.16. The number of hydrogen-bond donors (Lipinski definition) is 1. The van der Waals surface area contributed by atoms with Gasteiger partial charge in [0.1, 0.15) is 5.82 Å². The van der Waals surface area contributed by atoms with Gasteiger partial charge in [0.15, 0.2) is 5.13 Å². The summed E-state index contributed by atoms with van der Waals surface area (Å²) in [4.78, 5) is 6.62. The van der Waals surface area contributed by atoms with E-state index in [9.17, 15) is 0 Å². The van der Waals surface area contributed by atoms with Crippen LogP contribution in [0.1, 0.15) is 32.6 Å². The summed E-state index contributed by atoms with van der Waals surface area (Å²) in [5, 5.41) is 2.95. The molecule has 0 aromatic carbocycles. The third-order valence-corrected chi connectivity index (χ3v) is 3.99. The van der Waals surface area contributed by atoms with Crippen molar-refractivity contribution in [2.75, 3.05) is 30.3 Å². The number of unbranched alkanes of at least 4 members (excludes halogenated alkanes) is 1. The number of nitrogens with two attached hydrogens (primary N) is 1. The SMILES string of the molecule is CCCCOC1CCN(c2nc(N)cs2)CC1. The average molecular weight is 255 g/mol. The van der Waals surface area contributed by atoms with Crippen molar-refractivity contribution in [2.24, 2.45) is 0 Å². The minimum Gasteiger partial charge on any atom is -0.383 e. The second-order valence-corrected chi connectivity index (χ2v) is 5.30. The molecular weight excluding hydrogens is 234 g/mol. The van der Waals surface area contributed by atoms with Crippen molar-refractivity contribution >= 4 is 22.3 Å². The van der Waals surface area contributed by atoms with Crippen molar-refractivity contribution in [1.82, 2.24) is 4.98 Å². The second-order valence-electron chi connectivity index (χ2n) is 4.47. The third-order valence-electron chi connectivity index (χ3n) is 3.07. The molecule has 1 aromatic rings. The Labute approximate surface area is 107 Å². The Kier molecular flexibility index (Phi) is 4.62. The molecule has 1 fully saturated rings. The standard InChI is InChI=1S/C12H21N3OS/c1-2-3-8-16-10-4-6-15(7-5-10)12-14-11(13)9-17-12/h9-10H,2-8,13H2,1H3. The highest BCUT2D eigenvalue weighted by atomic mass is 32.1. The number of anilines is 2. The lowest BCUT2D eigenvalue weighted by molar-refractivity contribution is 0.0354. The minimum absolute atomic E-state index is 0.440. The second kappa shape index (κ2) is 6.21. The van der Waals surface area contributed by atoms with E-state index >= 15 is 0 Å². The normalized spacial score (nSPS) is 17.6. The molecule has 0 unspecified atom stereocenters. The highest BCUT2D eigenvalue weighted by Crippen LogP contribution is 2.25. The molecule has 17 heavy (non-hydrogen) atoms. The summed E-state index contributed by atoms with van der Waals surface area (Å²) >= 11 is 1.63. The van der Waals surface area contributed by atoms with Crippen molar-refractivity contribution in [1.29, 1.82) is 0 Å². The average Bonchev–Trinajstić information content (AvgIpc) is 2.77.